The molecule has 4 rings (SSSR count). The Balaban J connectivity index is 1.40. The van der Waals surface area contributed by atoms with Gasteiger partial charge in [0.2, 0.25) is 11.8 Å². The number of nitrogens with zero attached hydrogens (tertiary/aromatic N) is 1. The first-order valence-corrected chi connectivity index (χ1v) is 9.15. The molecule has 1 aliphatic carbocycles. The highest BCUT2D eigenvalue weighted by Gasteiger charge is 2.51. The molecule has 0 saturated heterocycles. The smallest absolute Gasteiger partial charge is 0.326 e. The van der Waals surface area contributed by atoms with E-state index in [0.717, 1.165) is 29.8 Å². The zero-order valence-electron chi connectivity index (χ0n) is 15.2. The lowest BCUT2D eigenvalue weighted by Crippen LogP contribution is -2.37. The van der Waals surface area contributed by atoms with Gasteiger partial charge >= 0.3 is 6.18 Å². The molecule has 1 N–H and O–H groups in total. The van der Waals surface area contributed by atoms with E-state index in [1.807, 2.05) is 31.2 Å². The van der Waals surface area contributed by atoms with E-state index >= 15 is 0 Å². The molecule has 1 heterocycles. The lowest BCUT2D eigenvalue weighted by molar-refractivity contribution is -0.137. The van der Waals surface area contributed by atoms with Crippen molar-refractivity contribution in [2.45, 2.75) is 32.0 Å². The molecule has 3 unspecified atom stereocenters. The van der Waals surface area contributed by atoms with Crippen molar-refractivity contribution in [3.8, 4) is 0 Å². The largest absolute Gasteiger partial charge is 0.416 e. The summed E-state index contributed by atoms with van der Waals surface area (Å²) >= 11 is 0. The van der Waals surface area contributed by atoms with Crippen LogP contribution in [0, 0.1) is 11.8 Å². The van der Waals surface area contributed by atoms with E-state index in [0.29, 0.717) is 6.42 Å². The van der Waals surface area contributed by atoms with Gasteiger partial charge in [0.15, 0.2) is 0 Å². The standard InChI is InChI=1S/C21H19F3N2O2/c1-12-10-13-4-2-3-5-18(13)26(12)20(28)17-11-16(17)19(27)25-15-8-6-14(7-9-15)21(22,23)24/h2-9,12,16-17H,10-11H2,1H3,(H,25,27). The predicted molar refractivity (Wildman–Crippen MR) is 98.8 cm³/mol. The molecule has 146 valence electrons. The van der Waals surface area contributed by atoms with Crippen LogP contribution in [-0.2, 0) is 22.2 Å². The molecule has 2 aromatic carbocycles. The third kappa shape index (κ3) is 3.37. The van der Waals surface area contributed by atoms with Crippen LogP contribution in [0.5, 0.6) is 0 Å². The molecule has 2 amide bonds. The van der Waals surface area contributed by atoms with Crippen LogP contribution in [0.3, 0.4) is 0 Å². The van der Waals surface area contributed by atoms with E-state index in [4.69, 9.17) is 0 Å². The third-order valence-corrected chi connectivity index (χ3v) is 5.37. The number of carbonyl (C=O) groups excluding carboxylic acids is 2. The highest BCUT2D eigenvalue weighted by Crippen LogP contribution is 2.44. The summed E-state index contributed by atoms with van der Waals surface area (Å²) in [6.07, 6.45) is -3.17. The Morgan fingerprint density at radius 3 is 2.39 bits per heavy atom. The molecular formula is C21H19F3N2O2. The fourth-order valence-electron chi connectivity index (χ4n) is 3.82. The second-order valence-electron chi connectivity index (χ2n) is 7.40. The van der Waals surface area contributed by atoms with Gasteiger partial charge in [-0.05, 0) is 55.7 Å². The lowest BCUT2D eigenvalue weighted by Gasteiger charge is -2.23. The first kappa shape index (κ1) is 18.5. The highest BCUT2D eigenvalue weighted by atomic mass is 19.4. The van der Waals surface area contributed by atoms with Crippen LogP contribution >= 0.6 is 0 Å². The summed E-state index contributed by atoms with van der Waals surface area (Å²) < 4.78 is 37.8. The highest BCUT2D eigenvalue weighted by molar-refractivity contribution is 6.05. The SMILES string of the molecule is CC1Cc2ccccc2N1C(=O)C1CC1C(=O)Nc1ccc(C(F)(F)F)cc1. The lowest BCUT2D eigenvalue weighted by atomic mass is 10.1. The molecule has 28 heavy (non-hydrogen) atoms. The molecule has 1 saturated carbocycles. The van der Waals surface area contributed by atoms with Crippen LogP contribution in [-0.4, -0.2) is 17.9 Å². The molecule has 4 nitrogen and oxygen atoms in total. The van der Waals surface area contributed by atoms with Crippen LogP contribution in [0.15, 0.2) is 48.5 Å². The maximum atomic E-state index is 12.9. The van der Waals surface area contributed by atoms with Crippen molar-refractivity contribution in [1.29, 1.82) is 0 Å². The first-order valence-electron chi connectivity index (χ1n) is 9.15. The summed E-state index contributed by atoms with van der Waals surface area (Å²) in [5.41, 5.74) is 1.53. The number of nitrogens with one attached hydrogen (secondary N) is 1. The fourth-order valence-corrected chi connectivity index (χ4v) is 3.82. The van der Waals surface area contributed by atoms with Gasteiger partial charge in [0, 0.05) is 17.4 Å². The Bertz CT molecular complexity index is 924. The maximum Gasteiger partial charge on any atom is 0.416 e. The minimum atomic E-state index is -4.42. The maximum absolute atomic E-state index is 12.9. The van der Waals surface area contributed by atoms with Crippen molar-refractivity contribution >= 4 is 23.2 Å². The quantitative estimate of drug-likeness (QED) is 0.854. The monoisotopic (exact) mass is 388 g/mol. The van der Waals surface area contributed by atoms with Crippen molar-refractivity contribution in [1.82, 2.24) is 0 Å². The normalized spacial score (nSPS) is 23.3. The minimum absolute atomic E-state index is 0.0455. The van der Waals surface area contributed by atoms with Gasteiger partial charge in [-0.15, -0.1) is 0 Å². The van der Waals surface area contributed by atoms with Crippen LogP contribution < -0.4 is 10.2 Å². The molecule has 7 heteroatoms. The summed E-state index contributed by atoms with van der Waals surface area (Å²) in [6, 6.07) is 12.1. The van der Waals surface area contributed by atoms with Crippen molar-refractivity contribution in [3.63, 3.8) is 0 Å². The molecule has 0 radical (unpaired) electrons. The number of halogens is 3. The molecule has 1 aliphatic heterocycles. The number of hydrogen-bond acceptors (Lipinski definition) is 2. The van der Waals surface area contributed by atoms with Gasteiger partial charge in [0.05, 0.1) is 17.4 Å². The average Bonchev–Trinajstić information content (AvgIpc) is 3.37. The number of para-hydroxylation sites is 1. The topological polar surface area (TPSA) is 49.4 Å². The van der Waals surface area contributed by atoms with Crippen LogP contribution in [0.25, 0.3) is 0 Å². The van der Waals surface area contributed by atoms with Crippen LogP contribution in [0.1, 0.15) is 24.5 Å². The van der Waals surface area contributed by atoms with Gasteiger partial charge in [-0.1, -0.05) is 18.2 Å². The number of carbonyl (C=O) groups is 2. The van der Waals surface area contributed by atoms with Crippen molar-refractivity contribution in [2.24, 2.45) is 11.8 Å². The number of anilines is 2. The zero-order chi connectivity index (χ0) is 20.1. The summed E-state index contributed by atoms with van der Waals surface area (Å²) in [5, 5.41) is 2.61. The van der Waals surface area contributed by atoms with Gasteiger partial charge in [-0.3, -0.25) is 9.59 Å². The molecule has 1 fully saturated rings. The van der Waals surface area contributed by atoms with Crippen LogP contribution in [0.2, 0.25) is 0 Å². The van der Waals surface area contributed by atoms with E-state index in [-0.39, 0.29) is 29.5 Å². The van der Waals surface area contributed by atoms with Gasteiger partial charge in [-0.25, -0.2) is 0 Å². The van der Waals surface area contributed by atoms with E-state index in [1.54, 1.807) is 4.90 Å². The van der Waals surface area contributed by atoms with E-state index in [9.17, 15) is 22.8 Å². The Kier molecular flexibility index (Phi) is 4.40. The van der Waals surface area contributed by atoms with Crippen molar-refractivity contribution < 1.29 is 22.8 Å². The van der Waals surface area contributed by atoms with Gasteiger partial charge in [-0.2, -0.15) is 13.2 Å². The number of rotatable bonds is 3. The van der Waals surface area contributed by atoms with Crippen LogP contribution in [0.4, 0.5) is 24.5 Å². The number of hydrogen-bond donors (Lipinski definition) is 1. The summed E-state index contributed by atoms with van der Waals surface area (Å²) in [5.74, 6) is -1.24. The number of benzene rings is 2. The Morgan fingerprint density at radius 1 is 1.04 bits per heavy atom. The molecule has 0 aromatic heterocycles. The number of fused-ring (bicyclic) bond motifs is 1. The zero-order valence-corrected chi connectivity index (χ0v) is 15.2. The fraction of sp³-hybridized carbons (Fsp3) is 0.333. The molecule has 2 aliphatic rings. The van der Waals surface area contributed by atoms with Gasteiger partial charge in [0.25, 0.3) is 0 Å². The predicted octanol–water partition coefficient (Wildman–Crippen LogP) is 4.26. The summed E-state index contributed by atoms with van der Waals surface area (Å²) in [7, 11) is 0. The number of amides is 2. The molecule has 0 spiro atoms. The second-order valence-corrected chi connectivity index (χ2v) is 7.40. The first-order chi connectivity index (χ1) is 13.3. The Hall–Kier alpha value is -2.83. The molecule has 2 aromatic rings. The van der Waals surface area contributed by atoms with E-state index in [2.05, 4.69) is 5.32 Å². The summed E-state index contributed by atoms with van der Waals surface area (Å²) in [4.78, 5) is 27.1. The molecule has 3 atom stereocenters. The molecule has 0 bridgehead atoms. The summed E-state index contributed by atoms with van der Waals surface area (Å²) in [6.45, 7) is 1.98. The number of alkyl halides is 3. The van der Waals surface area contributed by atoms with Crippen molar-refractivity contribution in [2.75, 3.05) is 10.2 Å². The van der Waals surface area contributed by atoms with E-state index in [1.165, 1.54) is 12.1 Å². The Morgan fingerprint density at radius 2 is 1.71 bits per heavy atom. The average molecular weight is 388 g/mol. The minimum Gasteiger partial charge on any atom is -0.326 e. The third-order valence-electron chi connectivity index (χ3n) is 5.37. The Labute approximate surface area is 160 Å². The van der Waals surface area contributed by atoms with Crippen molar-refractivity contribution in [3.05, 3.63) is 59.7 Å². The second kappa shape index (κ2) is 6.65. The van der Waals surface area contributed by atoms with Gasteiger partial charge in [0.1, 0.15) is 0 Å². The van der Waals surface area contributed by atoms with Gasteiger partial charge < -0.3 is 10.2 Å². The molecular weight excluding hydrogens is 369 g/mol. The van der Waals surface area contributed by atoms with E-state index < -0.39 is 17.7 Å².